The number of hydrogen-bond acceptors (Lipinski definition) is 2. The molecule has 0 aliphatic rings. The normalized spacial score (nSPS) is 14.3. The van der Waals surface area contributed by atoms with Gasteiger partial charge >= 0.3 is 6.18 Å². The van der Waals surface area contributed by atoms with Crippen molar-refractivity contribution in [3.05, 3.63) is 65.2 Å². The van der Waals surface area contributed by atoms with E-state index in [1.165, 1.54) is 12.1 Å². The molecule has 0 aromatic heterocycles. The lowest BCUT2D eigenvalue weighted by atomic mass is 9.92. The topological polar surface area (TPSA) is 29.5 Å². The number of ether oxygens (including phenoxy) is 1. The van der Waals surface area contributed by atoms with Gasteiger partial charge in [-0.2, -0.15) is 13.2 Å². The Labute approximate surface area is 133 Å². The Morgan fingerprint density at radius 1 is 1.00 bits per heavy atom. The van der Waals surface area contributed by atoms with Crippen LogP contribution in [0.2, 0.25) is 0 Å². The van der Waals surface area contributed by atoms with Gasteiger partial charge in [0.05, 0.1) is 11.2 Å². The van der Waals surface area contributed by atoms with Crippen molar-refractivity contribution >= 4 is 0 Å². The van der Waals surface area contributed by atoms with Crippen LogP contribution >= 0.6 is 0 Å². The second-order valence-corrected chi connectivity index (χ2v) is 5.64. The summed E-state index contributed by atoms with van der Waals surface area (Å²) >= 11 is 0. The van der Waals surface area contributed by atoms with E-state index in [4.69, 9.17) is 4.74 Å². The Bertz CT molecular complexity index is 663. The van der Waals surface area contributed by atoms with Crippen molar-refractivity contribution in [2.45, 2.75) is 38.7 Å². The average Bonchev–Trinajstić information content (AvgIpc) is 2.53. The van der Waals surface area contributed by atoms with Crippen molar-refractivity contribution in [2.75, 3.05) is 0 Å². The summed E-state index contributed by atoms with van der Waals surface area (Å²) in [5, 5.41) is 10.3. The van der Waals surface area contributed by atoms with E-state index >= 15 is 0 Å². The minimum Gasteiger partial charge on any atom is -0.489 e. The van der Waals surface area contributed by atoms with Gasteiger partial charge in [0.2, 0.25) is 0 Å². The average molecular weight is 324 g/mol. The van der Waals surface area contributed by atoms with Crippen molar-refractivity contribution in [1.29, 1.82) is 0 Å². The largest absolute Gasteiger partial charge is 0.489 e. The highest BCUT2D eigenvalue weighted by atomic mass is 19.4. The smallest absolute Gasteiger partial charge is 0.416 e. The zero-order valence-corrected chi connectivity index (χ0v) is 13.0. The third kappa shape index (κ3) is 4.48. The molecule has 0 fully saturated rings. The van der Waals surface area contributed by atoms with Crippen molar-refractivity contribution in [1.82, 2.24) is 0 Å². The first-order valence-corrected chi connectivity index (χ1v) is 7.34. The van der Waals surface area contributed by atoms with Crippen molar-refractivity contribution in [3.63, 3.8) is 0 Å². The van der Waals surface area contributed by atoms with E-state index in [-0.39, 0.29) is 12.4 Å². The minimum absolute atomic E-state index is 0.134. The molecule has 2 aromatic rings. The maximum atomic E-state index is 12.7. The molecule has 0 saturated heterocycles. The number of rotatable bonds is 5. The molecule has 1 unspecified atom stereocenters. The number of halogens is 3. The lowest BCUT2D eigenvalue weighted by Gasteiger charge is -2.22. The number of aliphatic hydroxyl groups is 1. The molecule has 2 aromatic carbocycles. The highest BCUT2D eigenvalue weighted by Crippen LogP contribution is 2.31. The summed E-state index contributed by atoms with van der Waals surface area (Å²) in [6.45, 7) is 3.74. The van der Waals surface area contributed by atoms with Crippen LogP contribution in [0.25, 0.3) is 0 Å². The molecule has 124 valence electrons. The molecule has 1 atom stereocenters. The molecular formula is C18H19F3O2. The predicted octanol–water partition coefficient (Wildman–Crippen LogP) is 4.90. The van der Waals surface area contributed by atoms with Crippen LogP contribution in [0.4, 0.5) is 13.2 Å². The van der Waals surface area contributed by atoms with Crippen LogP contribution in [0.15, 0.2) is 48.5 Å². The molecule has 0 spiro atoms. The van der Waals surface area contributed by atoms with Crippen LogP contribution in [0.3, 0.4) is 0 Å². The minimum atomic E-state index is -4.39. The Kier molecular flexibility index (Phi) is 5.00. The molecule has 0 radical (unpaired) electrons. The van der Waals surface area contributed by atoms with Gasteiger partial charge in [0.15, 0.2) is 0 Å². The van der Waals surface area contributed by atoms with Crippen LogP contribution < -0.4 is 4.74 Å². The fourth-order valence-corrected chi connectivity index (χ4v) is 2.13. The SMILES string of the molecule is CCC(C)(O)c1cccc(COc2cccc(C(F)(F)F)c2)c1. The fourth-order valence-electron chi connectivity index (χ4n) is 2.13. The molecule has 23 heavy (non-hydrogen) atoms. The zero-order valence-electron chi connectivity index (χ0n) is 13.0. The van der Waals surface area contributed by atoms with E-state index in [2.05, 4.69) is 0 Å². The highest BCUT2D eigenvalue weighted by molar-refractivity contribution is 5.31. The second-order valence-electron chi connectivity index (χ2n) is 5.64. The van der Waals surface area contributed by atoms with Crippen LogP contribution in [0.5, 0.6) is 5.75 Å². The summed E-state index contributed by atoms with van der Waals surface area (Å²) in [7, 11) is 0. The van der Waals surface area contributed by atoms with Gasteiger partial charge < -0.3 is 9.84 Å². The van der Waals surface area contributed by atoms with Gasteiger partial charge in [-0.3, -0.25) is 0 Å². The zero-order chi connectivity index (χ0) is 17.1. The molecule has 2 nitrogen and oxygen atoms in total. The van der Waals surface area contributed by atoms with Gasteiger partial charge in [0.1, 0.15) is 12.4 Å². The Balaban J connectivity index is 2.11. The first-order chi connectivity index (χ1) is 10.7. The lowest BCUT2D eigenvalue weighted by Crippen LogP contribution is -2.19. The molecular weight excluding hydrogens is 305 g/mol. The number of hydrogen-bond donors (Lipinski definition) is 1. The van der Waals surface area contributed by atoms with Gasteiger partial charge in [-0.25, -0.2) is 0 Å². The molecule has 0 amide bonds. The summed E-state index contributed by atoms with van der Waals surface area (Å²) in [4.78, 5) is 0. The third-order valence-electron chi connectivity index (χ3n) is 3.80. The van der Waals surface area contributed by atoms with E-state index in [0.29, 0.717) is 6.42 Å². The highest BCUT2D eigenvalue weighted by Gasteiger charge is 2.30. The summed E-state index contributed by atoms with van der Waals surface area (Å²) in [6, 6.07) is 12.0. The van der Waals surface area contributed by atoms with Crippen molar-refractivity contribution in [3.8, 4) is 5.75 Å². The Hall–Kier alpha value is -2.01. The lowest BCUT2D eigenvalue weighted by molar-refractivity contribution is -0.137. The maximum absolute atomic E-state index is 12.7. The van der Waals surface area contributed by atoms with Gasteiger partial charge in [0.25, 0.3) is 0 Å². The summed E-state index contributed by atoms with van der Waals surface area (Å²) in [6.07, 6.45) is -3.83. The standard InChI is InChI=1S/C18H19F3O2/c1-3-17(2,22)14-7-4-6-13(10-14)12-23-16-9-5-8-15(11-16)18(19,20)21/h4-11,22H,3,12H2,1-2H3. The number of alkyl halides is 3. The first-order valence-electron chi connectivity index (χ1n) is 7.34. The van der Waals surface area contributed by atoms with Crippen LogP contribution in [0, 0.1) is 0 Å². The molecule has 1 N–H and O–H groups in total. The van der Waals surface area contributed by atoms with Gasteiger partial charge in [-0.15, -0.1) is 0 Å². The molecule has 0 heterocycles. The van der Waals surface area contributed by atoms with E-state index < -0.39 is 17.3 Å². The fraction of sp³-hybridized carbons (Fsp3) is 0.333. The predicted molar refractivity (Wildman–Crippen MR) is 82.1 cm³/mol. The number of benzene rings is 2. The molecule has 2 rings (SSSR count). The van der Waals surface area contributed by atoms with E-state index in [0.717, 1.165) is 23.3 Å². The maximum Gasteiger partial charge on any atom is 0.416 e. The van der Waals surface area contributed by atoms with Gasteiger partial charge in [0, 0.05) is 0 Å². The van der Waals surface area contributed by atoms with Crippen molar-refractivity contribution < 1.29 is 23.0 Å². The second kappa shape index (κ2) is 6.62. The first kappa shape index (κ1) is 17.3. The summed E-state index contributed by atoms with van der Waals surface area (Å²) in [5.41, 5.74) is -0.136. The molecule has 0 saturated carbocycles. The molecule has 0 aliphatic heterocycles. The molecule has 5 heteroatoms. The van der Waals surface area contributed by atoms with E-state index in [9.17, 15) is 18.3 Å². The van der Waals surface area contributed by atoms with Gasteiger partial charge in [-0.05, 0) is 48.7 Å². The quantitative estimate of drug-likeness (QED) is 0.847. The summed E-state index contributed by atoms with van der Waals surface area (Å²) < 4.78 is 43.5. The van der Waals surface area contributed by atoms with Crippen molar-refractivity contribution in [2.24, 2.45) is 0 Å². The molecule has 0 bridgehead atoms. The molecule has 0 aliphatic carbocycles. The summed E-state index contributed by atoms with van der Waals surface area (Å²) in [5.74, 6) is 0.160. The monoisotopic (exact) mass is 324 g/mol. The van der Waals surface area contributed by atoms with Crippen LogP contribution in [0.1, 0.15) is 37.0 Å². The van der Waals surface area contributed by atoms with E-state index in [1.807, 2.05) is 19.1 Å². The van der Waals surface area contributed by atoms with Gasteiger partial charge in [-0.1, -0.05) is 31.2 Å². The Morgan fingerprint density at radius 3 is 2.30 bits per heavy atom. The third-order valence-corrected chi connectivity index (χ3v) is 3.80. The van der Waals surface area contributed by atoms with E-state index in [1.54, 1.807) is 19.1 Å². The Morgan fingerprint density at radius 2 is 1.65 bits per heavy atom. The van der Waals surface area contributed by atoms with Crippen LogP contribution in [-0.2, 0) is 18.4 Å². The van der Waals surface area contributed by atoms with Crippen LogP contribution in [-0.4, -0.2) is 5.11 Å².